The molecular formula is C15H12F3N. The first-order valence-electron chi connectivity index (χ1n) is 5.67. The number of nitrogen functional groups attached to an aromatic ring is 1. The quantitative estimate of drug-likeness (QED) is 0.628. The van der Waals surface area contributed by atoms with Crippen molar-refractivity contribution in [2.24, 2.45) is 0 Å². The Bertz CT molecular complexity index is 586. The van der Waals surface area contributed by atoms with Gasteiger partial charge in [-0.15, -0.1) is 0 Å². The summed E-state index contributed by atoms with van der Waals surface area (Å²) in [5.41, 5.74) is 6.54. The van der Waals surface area contributed by atoms with Gasteiger partial charge in [0.25, 0.3) is 0 Å². The first-order valence-corrected chi connectivity index (χ1v) is 5.67. The van der Waals surface area contributed by atoms with E-state index in [1.807, 2.05) is 30.3 Å². The van der Waals surface area contributed by atoms with Crippen molar-refractivity contribution in [2.75, 3.05) is 5.73 Å². The lowest BCUT2D eigenvalue weighted by molar-refractivity contribution is -0.137. The summed E-state index contributed by atoms with van der Waals surface area (Å²) in [6.45, 7) is 0. The second-order valence-corrected chi connectivity index (χ2v) is 4.09. The highest BCUT2D eigenvalue weighted by Gasteiger charge is 2.30. The Kier molecular flexibility index (Phi) is 3.60. The van der Waals surface area contributed by atoms with Gasteiger partial charge in [0.05, 0.1) is 5.56 Å². The molecule has 0 heterocycles. The molecule has 0 spiro atoms. The lowest BCUT2D eigenvalue weighted by atomic mass is 10.1. The van der Waals surface area contributed by atoms with Crippen molar-refractivity contribution >= 4 is 17.8 Å². The highest BCUT2D eigenvalue weighted by molar-refractivity contribution is 5.76. The zero-order valence-corrected chi connectivity index (χ0v) is 9.98. The first kappa shape index (κ1) is 13.2. The highest BCUT2D eigenvalue weighted by Crippen LogP contribution is 2.31. The molecule has 98 valence electrons. The van der Waals surface area contributed by atoms with Gasteiger partial charge in [-0.25, -0.2) is 0 Å². The maximum absolute atomic E-state index is 12.5. The van der Waals surface area contributed by atoms with Crippen LogP contribution in [0.4, 0.5) is 18.9 Å². The second-order valence-electron chi connectivity index (χ2n) is 4.09. The molecule has 0 aliphatic rings. The normalized spacial score (nSPS) is 11.9. The van der Waals surface area contributed by atoms with E-state index in [-0.39, 0.29) is 5.69 Å². The molecule has 0 saturated heterocycles. The van der Waals surface area contributed by atoms with E-state index in [1.54, 1.807) is 12.2 Å². The molecule has 0 aliphatic carbocycles. The van der Waals surface area contributed by atoms with E-state index in [0.717, 1.165) is 17.7 Å². The van der Waals surface area contributed by atoms with E-state index in [9.17, 15) is 13.2 Å². The van der Waals surface area contributed by atoms with E-state index in [0.29, 0.717) is 5.56 Å². The molecule has 0 bridgehead atoms. The summed E-state index contributed by atoms with van der Waals surface area (Å²) in [6.07, 6.45) is -0.862. The lowest BCUT2D eigenvalue weighted by Crippen LogP contribution is -2.05. The first-order chi connectivity index (χ1) is 8.97. The van der Waals surface area contributed by atoms with Crippen molar-refractivity contribution < 1.29 is 13.2 Å². The van der Waals surface area contributed by atoms with E-state index in [1.165, 1.54) is 6.07 Å². The molecule has 2 N–H and O–H groups in total. The van der Waals surface area contributed by atoms with E-state index in [4.69, 9.17) is 5.73 Å². The topological polar surface area (TPSA) is 26.0 Å². The second kappa shape index (κ2) is 5.18. The minimum Gasteiger partial charge on any atom is -0.398 e. The van der Waals surface area contributed by atoms with Crippen LogP contribution in [0.2, 0.25) is 0 Å². The maximum atomic E-state index is 12.5. The molecule has 0 amide bonds. The van der Waals surface area contributed by atoms with Crippen LogP contribution in [0.3, 0.4) is 0 Å². The van der Waals surface area contributed by atoms with Crippen LogP contribution < -0.4 is 5.73 Å². The van der Waals surface area contributed by atoms with E-state index in [2.05, 4.69) is 0 Å². The van der Waals surface area contributed by atoms with Gasteiger partial charge in [0, 0.05) is 5.69 Å². The van der Waals surface area contributed by atoms with Crippen LogP contribution >= 0.6 is 0 Å². The van der Waals surface area contributed by atoms with Crippen LogP contribution in [0.25, 0.3) is 12.2 Å². The summed E-state index contributed by atoms with van der Waals surface area (Å²) in [7, 11) is 0. The summed E-state index contributed by atoms with van der Waals surface area (Å²) in [4.78, 5) is 0. The Morgan fingerprint density at radius 1 is 0.895 bits per heavy atom. The fraction of sp³-hybridized carbons (Fsp3) is 0.0667. The zero-order valence-electron chi connectivity index (χ0n) is 9.98. The predicted octanol–water partition coefficient (Wildman–Crippen LogP) is 4.46. The van der Waals surface area contributed by atoms with Gasteiger partial charge >= 0.3 is 6.18 Å². The Balaban J connectivity index is 2.25. The van der Waals surface area contributed by atoms with E-state index >= 15 is 0 Å². The van der Waals surface area contributed by atoms with Crippen LogP contribution in [0.15, 0.2) is 48.5 Å². The van der Waals surface area contributed by atoms with Crippen molar-refractivity contribution in [3.05, 3.63) is 65.2 Å². The lowest BCUT2D eigenvalue weighted by Gasteiger charge is -2.08. The smallest absolute Gasteiger partial charge is 0.398 e. The van der Waals surface area contributed by atoms with Crippen LogP contribution in [-0.2, 0) is 6.18 Å². The Morgan fingerprint density at radius 3 is 2.16 bits per heavy atom. The largest absolute Gasteiger partial charge is 0.416 e. The number of alkyl halides is 3. The molecule has 0 unspecified atom stereocenters. The number of hydrogen-bond donors (Lipinski definition) is 1. The van der Waals surface area contributed by atoms with Crippen LogP contribution in [0.5, 0.6) is 0 Å². The summed E-state index contributed by atoms with van der Waals surface area (Å²) in [6, 6.07) is 12.8. The minimum atomic E-state index is -4.37. The Hall–Kier alpha value is -2.23. The molecule has 1 nitrogen and oxygen atoms in total. The van der Waals surface area contributed by atoms with E-state index < -0.39 is 11.7 Å². The Labute approximate surface area is 109 Å². The van der Waals surface area contributed by atoms with Crippen LogP contribution in [0.1, 0.15) is 16.7 Å². The third-order valence-corrected chi connectivity index (χ3v) is 2.67. The molecule has 19 heavy (non-hydrogen) atoms. The van der Waals surface area contributed by atoms with Gasteiger partial charge in [-0.2, -0.15) is 13.2 Å². The molecular weight excluding hydrogens is 251 g/mol. The molecule has 2 aromatic rings. The van der Waals surface area contributed by atoms with Crippen molar-refractivity contribution in [3.8, 4) is 0 Å². The average molecular weight is 263 g/mol. The molecule has 0 aliphatic heterocycles. The summed E-state index contributed by atoms with van der Waals surface area (Å²) >= 11 is 0. The van der Waals surface area contributed by atoms with Crippen molar-refractivity contribution in [2.45, 2.75) is 6.18 Å². The minimum absolute atomic E-state index is 0.113. The van der Waals surface area contributed by atoms with Gasteiger partial charge in [0.1, 0.15) is 0 Å². The number of anilines is 1. The average Bonchev–Trinajstić information content (AvgIpc) is 2.37. The van der Waals surface area contributed by atoms with Gasteiger partial charge in [0.15, 0.2) is 0 Å². The fourth-order valence-electron chi connectivity index (χ4n) is 1.65. The zero-order chi connectivity index (χ0) is 13.9. The fourth-order valence-corrected chi connectivity index (χ4v) is 1.65. The molecule has 0 atom stereocenters. The molecule has 0 radical (unpaired) electrons. The summed E-state index contributed by atoms with van der Waals surface area (Å²) in [5.74, 6) is 0. The Morgan fingerprint density at radius 2 is 1.58 bits per heavy atom. The third kappa shape index (κ3) is 3.37. The molecule has 0 aromatic heterocycles. The summed E-state index contributed by atoms with van der Waals surface area (Å²) in [5, 5.41) is 0. The van der Waals surface area contributed by atoms with Gasteiger partial charge in [-0.1, -0.05) is 48.6 Å². The molecule has 2 aromatic carbocycles. The van der Waals surface area contributed by atoms with Crippen molar-refractivity contribution in [1.29, 1.82) is 0 Å². The SMILES string of the molecule is Nc1cc(C(F)(F)F)ccc1/C=C/c1ccccc1. The van der Waals surface area contributed by atoms with Crippen LogP contribution in [0, 0.1) is 0 Å². The number of benzene rings is 2. The number of halogens is 3. The molecule has 0 fully saturated rings. The van der Waals surface area contributed by atoms with Crippen LogP contribution in [-0.4, -0.2) is 0 Å². The van der Waals surface area contributed by atoms with Gasteiger partial charge in [-0.3, -0.25) is 0 Å². The van der Waals surface area contributed by atoms with Gasteiger partial charge in [0.2, 0.25) is 0 Å². The molecule has 4 heteroatoms. The predicted molar refractivity (Wildman–Crippen MR) is 71.2 cm³/mol. The van der Waals surface area contributed by atoms with Crippen molar-refractivity contribution in [1.82, 2.24) is 0 Å². The van der Waals surface area contributed by atoms with Crippen molar-refractivity contribution in [3.63, 3.8) is 0 Å². The third-order valence-electron chi connectivity index (χ3n) is 2.67. The summed E-state index contributed by atoms with van der Waals surface area (Å²) < 4.78 is 37.4. The molecule has 0 saturated carbocycles. The van der Waals surface area contributed by atoms with Gasteiger partial charge < -0.3 is 5.73 Å². The standard InChI is InChI=1S/C15H12F3N/c16-15(17,18)13-9-8-12(14(19)10-13)7-6-11-4-2-1-3-5-11/h1-10H,19H2/b7-6+. The number of hydrogen-bond acceptors (Lipinski definition) is 1. The molecule has 2 rings (SSSR count). The monoisotopic (exact) mass is 263 g/mol. The highest BCUT2D eigenvalue weighted by atomic mass is 19.4. The van der Waals surface area contributed by atoms with Gasteiger partial charge in [-0.05, 0) is 23.3 Å². The maximum Gasteiger partial charge on any atom is 0.416 e. The number of nitrogens with two attached hydrogens (primary N) is 1. The number of rotatable bonds is 2.